The minimum atomic E-state index is -0.592. The van der Waals surface area contributed by atoms with Gasteiger partial charge < -0.3 is 15.1 Å². The van der Waals surface area contributed by atoms with Gasteiger partial charge in [0, 0.05) is 37.6 Å². The molecule has 6 heteroatoms. The molecule has 3 aromatic rings. The second kappa shape index (κ2) is 8.55. The molecule has 1 saturated heterocycles. The number of likely N-dealkylation sites (N-methyl/N-ethyl adjacent to an activating group) is 1. The van der Waals surface area contributed by atoms with Gasteiger partial charge in [-0.15, -0.1) is 0 Å². The van der Waals surface area contributed by atoms with Crippen molar-refractivity contribution in [3.63, 3.8) is 0 Å². The van der Waals surface area contributed by atoms with Gasteiger partial charge in [-0.3, -0.25) is 9.79 Å². The first-order valence-corrected chi connectivity index (χ1v) is 10.9. The normalized spacial score (nSPS) is 19.1. The summed E-state index contributed by atoms with van der Waals surface area (Å²) in [6.45, 7) is 4.11. The number of anilines is 2. The van der Waals surface area contributed by atoms with Crippen LogP contribution in [0.15, 0.2) is 77.8 Å². The van der Waals surface area contributed by atoms with E-state index in [4.69, 9.17) is 4.99 Å². The van der Waals surface area contributed by atoms with Crippen LogP contribution in [0.5, 0.6) is 0 Å². The predicted molar refractivity (Wildman–Crippen MR) is 127 cm³/mol. The number of fused-ring (bicyclic) bond motifs is 1. The lowest BCUT2D eigenvalue weighted by molar-refractivity contribution is -0.115. The molecular weight excluding hydrogens is 403 g/mol. The molecule has 1 atom stereocenters. The minimum absolute atomic E-state index is 0.192. The monoisotopic (exact) mass is 428 g/mol. The molecule has 1 N–H and O–H groups in total. The molecule has 0 radical (unpaired) electrons. The highest BCUT2D eigenvalue weighted by atomic mass is 19.1. The maximum atomic E-state index is 13.7. The van der Waals surface area contributed by atoms with E-state index >= 15 is 0 Å². The molecule has 0 aliphatic carbocycles. The van der Waals surface area contributed by atoms with Crippen molar-refractivity contribution in [1.29, 1.82) is 0 Å². The predicted octanol–water partition coefficient (Wildman–Crippen LogP) is 4.43. The Morgan fingerprint density at radius 2 is 1.69 bits per heavy atom. The van der Waals surface area contributed by atoms with E-state index in [0.717, 1.165) is 43.0 Å². The minimum Gasteiger partial charge on any atom is -0.369 e. The highest BCUT2D eigenvalue weighted by Gasteiger charge is 2.35. The molecule has 5 rings (SSSR count). The number of nitrogens with zero attached hydrogens (tertiary/aromatic N) is 3. The van der Waals surface area contributed by atoms with Crippen LogP contribution in [-0.2, 0) is 4.79 Å². The number of carbonyl (C=O) groups excluding carboxylic acids is 1. The van der Waals surface area contributed by atoms with Gasteiger partial charge >= 0.3 is 0 Å². The first-order valence-electron chi connectivity index (χ1n) is 10.9. The van der Waals surface area contributed by atoms with E-state index < -0.39 is 5.92 Å². The second-order valence-electron chi connectivity index (χ2n) is 8.32. The van der Waals surface area contributed by atoms with Gasteiger partial charge in [0.25, 0.3) is 0 Å². The second-order valence-corrected chi connectivity index (χ2v) is 8.32. The Morgan fingerprint density at radius 3 is 2.41 bits per heavy atom. The molecule has 1 fully saturated rings. The van der Waals surface area contributed by atoms with Crippen molar-refractivity contribution in [2.75, 3.05) is 43.4 Å². The van der Waals surface area contributed by atoms with Crippen molar-refractivity contribution >= 4 is 28.7 Å². The largest absolute Gasteiger partial charge is 0.369 e. The van der Waals surface area contributed by atoms with E-state index in [0.29, 0.717) is 11.4 Å². The number of rotatable bonds is 4. The molecule has 2 aliphatic heterocycles. The number of nitrogens with one attached hydrogen (secondary N) is 1. The summed E-state index contributed by atoms with van der Waals surface area (Å²) in [5.41, 5.74) is 4.73. The lowest BCUT2D eigenvalue weighted by Crippen LogP contribution is -2.44. The third-order valence-electron chi connectivity index (χ3n) is 6.16. The van der Waals surface area contributed by atoms with Crippen molar-refractivity contribution in [3.8, 4) is 0 Å². The molecule has 2 aliphatic rings. The van der Waals surface area contributed by atoms with Crippen LogP contribution in [-0.4, -0.2) is 49.7 Å². The van der Waals surface area contributed by atoms with Crippen LogP contribution >= 0.6 is 0 Å². The number of aliphatic imine (C=N–C) groups is 1. The van der Waals surface area contributed by atoms with Crippen LogP contribution in [0.25, 0.3) is 0 Å². The molecule has 0 aromatic heterocycles. The number of halogens is 1. The Labute approximate surface area is 187 Å². The summed E-state index contributed by atoms with van der Waals surface area (Å²) >= 11 is 0. The first kappa shape index (κ1) is 20.4. The summed E-state index contributed by atoms with van der Waals surface area (Å²) in [5, 5.41) is 2.81. The van der Waals surface area contributed by atoms with Gasteiger partial charge in [-0.05, 0) is 54.6 Å². The van der Waals surface area contributed by atoms with Crippen LogP contribution in [0.4, 0.5) is 21.5 Å². The fourth-order valence-corrected chi connectivity index (χ4v) is 4.35. The molecule has 0 bridgehead atoms. The fourth-order valence-electron chi connectivity index (χ4n) is 4.35. The van der Waals surface area contributed by atoms with E-state index in [1.165, 1.54) is 17.8 Å². The topological polar surface area (TPSA) is 47.9 Å². The van der Waals surface area contributed by atoms with Gasteiger partial charge in [0.05, 0.1) is 11.4 Å². The number of amides is 1. The zero-order chi connectivity index (χ0) is 22.1. The quantitative estimate of drug-likeness (QED) is 0.626. The van der Waals surface area contributed by atoms with Crippen molar-refractivity contribution in [3.05, 3.63) is 89.7 Å². The zero-order valence-corrected chi connectivity index (χ0v) is 18.0. The molecule has 0 spiro atoms. The third-order valence-corrected chi connectivity index (χ3v) is 6.16. The molecule has 1 amide bonds. The van der Waals surface area contributed by atoms with Crippen LogP contribution in [0.3, 0.4) is 0 Å². The Balaban J connectivity index is 1.51. The molecule has 2 heterocycles. The van der Waals surface area contributed by atoms with E-state index in [2.05, 4.69) is 34.3 Å². The van der Waals surface area contributed by atoms with Crippen LogP contribution in [0.1, 0.15) is 17.0 Å². The van der Waals surface area contributed by atoms with E-state index in [9.17, 15) is 9.18 Å². The summed E-state index contributed by atoms with van der Waals surface area (Å²) in [7, 11) is 2.14. The Hall–Kier alpha value is -3.51. The van der Waals surface area contributed by atoms with Crippen molar-refractivity contribution in [2.24, 2.45) is 4.99 Å². The number of benzene rings is 3. The smallest absolute Gasteiger partial charge is 0.238 e. The van der Waals surface area contributed by atoms with Gasteiger partial charge in [0.15, 0.2) is 0 Å². The number of carbonyl (C=O) groups is 1. The van der Waals surface area contributed by atoms with Gasteiger partial charge in [0.2, 0.25) is 5.91 Å². The lowest BCUT2D eigenvalue weighted by atomic mass is 9.90. The maximum Gasteiger partial charge on any atom is 0.238 e. The van der Waals surface area contributed by atoms with Crippen molar-refractivity contribution in [1.82, 2.24) is 4.90 Å². The van der Waals surface area contributed by atoms with Crippen LogP contribution in [0, 0.1) is 5.82 Å². The number of hydrogen-bond acceptors (Lipinski definition) is 4. The SMILES string of the molecule is CN1CCN(c2ccc(N=C(c3ccccc3)C3C(=O)Nc4cc(F)ccc43)cc2)CC1. The fraction of sp³-hybridized carbons (Fsp3) is 0.231. The summed E-state index contributed by atoms with van der Waals surface area (Å²) in [6, 6.07) is 22.3. The standard InChI is InChI=1S/C26H25FN4O/c1-30-13-15-31(16-14-30)21-10-8-20(9-11-21)28-25(18-5-3-2-4-6-18)24-22-12-7-19(27)17-23(22)29-26(24)32/h2-12,17,24H,13-16H2,1H3,(H,29,32). The molecule has 32 heavy (non-hydrogen) atoms. The highest BCUT2D eigenvalue weighted by Crippen LogP contribution is 2.36. The van der Waals surface area contributed by atoms with Crippen molar-refractivity contribution in [2.45, 2.75) is 5.92 Å². The number of hydrogen-bond donors (Lipinski definition) is 1. The summed E-state index contributed by atoms with van der Waals surface area (Å²) in [5.74, 6) is -1.16. The van der Waals surface area contributed by atoms with E-state index in [1.54, 1.807) is 6.07 Å². The van der Waals surface area contributed by atoms with Crippen molar-refractivity contribution < 1.29 is 9.18 Å². The molecular formula is C26H25FN4O. The average Bonchev–Trinajstić information content (AvgIpc) is 3.13. The zero-order valence-electron chi connectivity index (χ0n) is 18.0. The first-order chi connectivity index (χ1) is 15.6. The maximum absolute atomic E-state index is 13.7. The molecule has 3 aromatic carbocycles. The lowest BCUT2D eigenvalue weighted by Gasteiger charge is -2.34. The Morgan fingerprint density at radius 1 is 0.969 bits per heavy atom. The summed E-state index contributed by atoms with van der Waals surface area (Å²) in [4.78, 5) is 22.5. The summed E-state index contributed by atoms with van der Waals surface area (Å²) < 4.78 is 13.7. The Bertz CT molecular complexity index is 1150. The third kappa shape index (κ3) is 4.01. The van der Waals surface area contributed by atoms with Gasteiger partial charge in [0.1, 0.15) is 11.7 Å². The highest BCUT2D eigenvalue weighted by molar-refractivity contribution is 6.24. The molecule has 1 unspecified atom stereocenters. The number of piperazine rings is 1. The van der Waals surface area contributed by atoms with Crippen LogP contribution < -0.4 is 10.2 Å². The van der Waals surface area contributed by atoms with E-state index in [-0.39, 0.29) is 11.7 Å². The van der Waals surface area contributed by atoms with Gasteiger partial charge in [-0.25, -0.2) is 4.39 Å². The van der Waals surface area contributed by atoms with Gasteiger partial charge in [-0.1, -0.05) is 36.4 Å². The molecule has 0 saturated carbocycles. The van der Waals surface area contributed by atoms with Gasteiger partial charge in [-0.2, -0.15) is 0 Å². The molecule has 162 valence electrons. The van der Waals surface area contributed by atoms with E-state index in [1.807, 2.05) is 42.5 Å². The van der Waals surface area contributed by atoms with Crippen LogP contribution in [0.2, 0.25) is 0 Å². The summed E-state index contributed by atoms with van der Waals surface area (Å²) in [6.07, 6.45) is 0. The molecule has 5 nitrogen and oxygen atoms in total. The average molecular weight is 429 g/mol. The Kier molecular flexibility index (Phi) is 5.45.